The normalized spacial score (nSPS) is 15.0. The highest BCUT2D eigenvalue weighted by Gasteiger charge is 2.34. The minimum atomic E-state index is -1.27. The van der Waals surface area contributed by atoms with Crippen LogP contribution < -0.4 is 14.8 Å². The van der Waals surface area contributed by atoms with Gasteiger partial charge in [0, 0.05) is 5.56 Å². The van der Waals surface area contributed by atoms with E-state index in [0.29, 0.717) is 41.6 Å². The van der Waals surface area contributed by atoms with Crippen molar-refractivity contribution in [3.05, 3.63) is 41.6 Å². The Hall–Kier alpha value is -3.29. The largest absolute Gasteiger partial charge is 0.490 e. The van der Waals surface area contributed by atoms with Crippen molar-refractivity contribution in [1.29, 1.82) is 0 Å². The Morgan fingerprint density at radius 3 is 2.56 bits per heavy atom. The number of benzene rings is 1. The lowest BCUT2D eigenvalue weighted by atomic mass is 10.0. The first kappa shape index (κ1) is 20.0. The van der Waals surface area contributed by atoms with Gasteiger partial charge in [-0.15, -0.1) is 6.58 Å². The van der Waals surface area contributed by atoms with Gasteiger partial charge in [-0.2, -0.15) is 0 Å². The molecule has 0 saturated carbocycles. The summed E-state index contributed by atoms with van der Waals surface area (Å²) in [6.45, 7) is 7.64. The summed E-state index contributed by atoms with van der Waals surface area (Å²) in [5.41, 5.74) is 1.43. The SMILES string of the molecule is C=CCc1cc(/C=C2/NC(=O)N(CC(=O)O)C2=O)cc(OCC)c1OCC. The van der Waals surface area contributed by atoms with Gasteiger partial charge in [-0.1, -0.05) is 6.08 Å². The average Bonchev–Trinajstić information content (AvgIpc) is 2.85. The van der Waals surface area contributed by atoms with Gasteiger partial charge in [0.1, 0.15) is 12.2 Å². The second kappa shape index (κ2) is 8.88. The van der Waals surface area contributed by atoms with Crippen LogP contribution >= 0.6 is 0 Å². The highest BCUT2D eigenvalue weighted by atomic mass is 16.5. The van der Waals surface area contributed by atoms with Crippen LogP contribution in [0.4, 0.5) is 4.79 Å². The molecule has 144 valence electrons. The quantitative estimate of drug-likeness (QED) is 0.390. The van der Waals surface area contributed by atoms with Gasteiger partial charge < -0.3 is 19.9 Å². The third-order valence-corrected chi connectivity index (χ3v) is 3.67. The van der Waals surface area contributed by atoms with E-state index in [0.717, 1.165) is 5.56 Å². The second-order valence-corrected chi connectivity index (χ2v) is 5.64. The van der Waals surface area contributed by atoms with E-state index in [4.69, 9.17) is 14.6 Å². The summed E-state index contributed by atoms with van der Waals surface area (Å²) in [7, 11) is 0. The molecule has 1 aromatic rings. The molecule has 1 aliphatic heterocycles. The van der Waals surface area contributed by atoms with Gasteiger partial charge in [-0.25, -0.2) is 9.69 Å². The molecule has 0 radical (unpaired) electrons. The lowest BCUT2D eigenvalue weighted by molar-refractivity contribution is -0.140. The van der Waals surface area contributed by atoms with E-state index in [-0.39, 0.29) is 5.70 Å². The van der Waals surface area contributed by atoms with Gasteiger partial charge in [0.15, 0.2) is 11.5 Å². The molecule has 1 heterocycles. The van der Waals surface area contributed by atoms with Crippen LogP contribution in [0.25, 0.3) is 6.08 Å². The number of aliphatic carboxylic acids is 1. The number of imide groups is 1. The molecule has 0 spiro atoms. The van der Waals surface area contributed by atoms with Crippen LogP contribution in [0, 0.1) is 0 Å². The van der Waals surface area contributed by atoms with E-state index in [9.17, 15) is 14.4 Å². The molecule has 0 bridgehead atoms. The smallest absolute Gasteiger partial charge is 0.329 e. The van der Waals surface area contributed by atoms with Crippen molar-refractivity contribution in [2.75, 3.05) is 19.8 Å². The first-order valence-electron chi connectivity index (χ1n) is 8.50. The fourth-order valence-corrected chi connectivity index (χ4v) is 2.66. The van der Waals surface area contributed by atoms with Crippen LogP contribution in [0.2, 0.25) is 0 Å². The number of carbonyl (C=O) groups is 3. The zero-order chi connectivity index (χ0) is 20.0. The van der Waals surface area contributed by atoms with Crippen LogP contribution in [0.1, 0.15) is 25.0 Å². The topological polar surface area (TPSA) is 105 Å². The van der Waals surface area contributed by atoms with Gasteiger partial charge in [-0.05, 0) is 44.0 Å². The van der Waals surface area contributed by atoms with Crippen LogP contribution in [-0.2, 0) is 16.0 Å². The molecule has 3 amide bonds. The average molecular weight is 374 g/mol. The monoisotopic (exact) mass is 374 g/mol. The maximum Gasteiger partial charge on any atom is 0.329 e. The van der Waals surface area contributed by atoms with Gasteiger partial charge in [-0.3, -0.25) is 9.59 Å². The lowest BCUT2D eigenvalue weighted by Crippen LogP contribution is -2.35. The predicted octanol–water partition coefficient (Wildman–Crippen LogP) is 2.19. The van der Waals surface area contributed by atoms with Crippen molar-refractivity contribution in [1.82, 2.24) is 10.2 Å². The molecular weight excluding hydrogens is 352 g/mol. The van der Waals surface area contributed by atoms with E-state index in [1.54, 1.807) is 12.1 Å². The summed E-state index contributed by atoms with van der Waals surface area (Å²) in [6, 6.07) is 2.74. The number of amides is 3. The second-order valence-electron chi connectivity index (χ2n) is 5.64. The van der Waals surface area contributed by atoms with E-state index in [1.165, 1.54) is 6.08 Å². The summed E-state index contributed by atoms with van der Waals surface area (Å²) in [4.78, 5) is 35.6. The molecule has 8 heteroatoms. The Morgan fingerprint density at radius 2 is 1.96 bits per heavy atom. The van der Waals surface area contributed by atoms with Gasteiger partial charge >= 0.3 is 12.0 Å². The van der Waals surface area contributed by atoms with Crippen molar-refractivity contribution in [3.63, 3.8) is 0 Å². The zero-order valence-electron chi connectivity index (χ0n) is 15.3. The van der Waals surface area contributed by atoms with E-state index < -0.39 is 24.5 Å². The third-order valence-electron chi connectivity index (χ3n) is 3.67. The van der Waals surface area contributed by atoms with Crippen LogP contribution in [0.5, 0.6) is 11.5 Å². The first-order valence-corrected chi connectivity index (χ1v) is 8.50. The molecule has 0 aliphatic carbocycles. The number of hydrogen-bond donors (Lipinski definition) is 2. The molecule has 2 N–H and O–H groups in total. The Morgan fingerprint density at radius 1 is 1.26 bits per heavy atom. The highest BCUT2D eigenvalue weighted by Crippen LogP contribution is 2.34. The van der Waals surface area contributed by atoms with E-state index >= 15 is 0 Å². The van der Waals surface area contributed by atoms with Gasteiger partial charge in [0.05, 0.1) is 13.2 Å². The summed E-state index contributed by atoms with van der Waals surface area (Å²) in [6.07, 6.45) is 3.73. The number of hydrogen-bond acceptors (Lipinski definition) is 5. The number of nitrogens with one attached hydrogen (secondary N) is 1. The molecule has 1 aliphatic rings. The number of nitrogens with zero attached hydrogens (tertiary/aromatic N) is 1. The molecule has 2 rings (SSSR count). The van der Waals surface area contributed by atoms with Crippen molar-refractivity contribution < 1.29 is 29.0 Å². The minimum Gasteiger partial charge on any atom is -0.490 e. The minimum absolute atomic E-state index is 0.00240. The number of carboxylic acids is 1. The fraction of sp³-hybridized carbons (Fsp3) is 0.316. The molecule has 1 aromatic carbocycles. The number of rotatable bonds is 9. The number of urea groups is 1. The maximum atomic E-state index is 12.3. The third kappa shape index (κ3) is 4.66. The van der Waals surface area contributed by atoms with Crippen molar-refractivity contribution in [2.24, 2.45) is 0 Å². The summed E-state index contributed by atoms with van der Waals surface area (Å²) in [5, 5.41) is 11.2. The van der Waals surface area contributed by atoms with Crippen molar-refractivity contribution in [2.45, 2.75) is 20.3 Å². The molecule has 27 heavy (non-hydrogen) atoms. The number of ether oxygens (including phenoxy) is 2. The van der Waals surface area contributed by atoms with Crippen molar-refractivity contribution in [3.8, 4) is 11.5 Å². The van der Waals surface area contributed by atoms with E-state index in [2.05, 4.69) is 11.9 Å². The number of carbonyl (C=O) groups excluding carboxylic acids is 2. The molecule has 8 nitrogen and oxygen atoms in total. The Bertz CT molecular complexity index is 800. The van der Waals surface area contributed by atoms with Crippen molar-refractivity contribution >= 4 is 24.0 Å². The highest BCUT2D eigenvalue weighted by molar-refractivity contribution is 6.15. The lowest BCUT2D eigenvalue weighted by Gasteiger charge is -2.16. The first-order chi connectivity index (χ1) is 12.9. The predicted molar refractivity (Wildman–Crippen MR) is 98.5 cm³/mol. The summed E-state index contributed by atoms with van der Waals surface area (Å²) in [5.74, 6) is -0.840. The number of allylic oxidation sites excluding steroid dienone is 1. The molecule has 0 atom stereocenters. The maximum absolute atomic E-state index is 12.3. The molecule has 1 fully saturated rings. The Kier molecular flexibility index (Phi) is 6.59. The summed E-state index contributed by atoms with van der Waals surface area (Å²) < 4.78 is 11.3. The Labute approximate surface area is 157 Å². The molecular formula is C19H22N2O6. The zero-order valence-corrected chi connectivity index (χ0v) is 15.3. The summed E-state index contributed by atoms with van der Waals surface area (Å²) >= 11 is 0. The van der Waals surface area contributed by atoms with Crippen LogP contribution in [-0.4, -0.2) is 47.7 Å². The number of carboxylic acid groups (broad SMARTS) is 1. The van der Waals surface area contributed by atoms with Crippen LogP contribution in [0.15, 0.2) is 30.5 Å². The van der Waals surface area contributed by atoms with Crippen LogP contribution in [0.3, 0.4) is 0 Å². The standard InChI is InChI=1S/C19H22N2O6/c1-4-7-13-8-12(10-15(26-5-2)17(13)27-6-3)9-14-18(24)21(11-16(22)23)19(25)20-14/h4,8-10H,1,5-7,11H2,2-3H3,(H,20,25)(H,22,23)/b14-9+. The molecule has 1 saturated heterocycles. The molecule has 0 aromatic heterocycles. The Balaban J connectivity index is 2.44. The van der Waals surface area contributed by atoms with Gasteiger partial charge in [0.2, 0.25) is 0 Å². The fourth-order valence-electron chi connectivity index (χ4n) is 2.66. The molecule has 0 unspecified atom stereocenters. The van der Waals surface area contributed by atoms with Gasteiger partial charge in [0.25, 0.3) is 5.91 Å². The van der Waals surface area contributed by atoms with E-state index in [1.807, 2.05) is 19.9 Å².